The van der Waals surface area contributed by atoms with Gasteiger partial charge in [0.05, 0.1) is 24.2 Å². The van der Waals surface area contributed by atoms with Gasteiger partial charge >= 0.3 is 0 Å². The predicted octanol–water partition coefficient (Wildman–Crippen LogP) is 3.92. The smallest absolute Gasteiger partial charge is 0.296 e. The number of carbonyl (C=O) groups excluding carboxylic acids is 1. The summed E-state index contributed by atoms with van der Waals surface area (Å²) in [5.41, 5.74) is 2.28. The molecule has 0 aliphatic carbocycles. The number of piperazine rings is 1. The topological polar surface area (TPSA) is 85.2 Å². The fourth-order valence-corrected chi connectivity index (χ4v) is 3.59. The summed E-state index contributed by atoms with van der Waals surface area (Å²) in [7, 11) is 0. The Balaban J connectivity index is 1.80. The zero-order valence-corrected chi connectivity index (χ0v) is 17.6. The Morgan fingerprint density at radius 2 is 1.50 bits per heavy atom. The van der Waals surface area contributed by atoms with Crippen molar-refractivity contribution >= 4 is 22.8 Å². The largest absolute Gasteiger partial charge is 0.490 e. The van der Waals surface area contributed by atoms with Crippen molar-refractivity contribution in [3.8, 4) is 11.5 Å². The number of Topliss-reactive ketones (excluding diaryl/α,β-unsaturated/α-hetero) is 1. The summed E-state index contributed by atoms with van der Waals surface area (Å²) in [6.45, 7) is 8.79. The van der Waals surface area contributed by atoms with Crippen LogP contribution in [0.5, 0.6) is 11.5 Å². The molecule has 0 atom stereocenters. The Hall–Kier alpha value is -3.29. The van der Waals surface area contributed by atoms with E-state index in [1.807, 2.05) is 43.0 Å². The lowest BCUT2D eigenvalue weighted by Crippen LogP contribution is -2.46. The highest BCUT2D eigenvalue weighted by molar-refractivity contribution is 5.94. The van der Waals surface area contributed by atoms with Gasteiger partial charge in [0, 0.05) is 43.5 Å². The number of hydrogen-bond donors (Lipinski definition) is 0. The van der Waals surface area contributed by atoms with Crippen molar-refractivity contribution in [1.29, 1.82) is 0 Å². The Morgan fingerprint density at radius 1 is 0.967 bits per heavy atom. The maximum Gasteiger partial charge on any atom is 0.296 e. The molecule has 0 amide bonds. The van der Waals surface area contributed by atoms with Gasteiger partial charge in [0.2, 0.25) is 0 Å². The summed E-state index contributed by atoms with van der Waals surface area (Å²) < 4.78 is 11.2. The van der Waals surface area contributed by atoms with Gasteiger partial charge in [-0.15, -0.1) is 0 Å². The molecule has 0 spiro atoms. The van der Waals surface area contributed by atoms with Crippen molar-refractivity contribution in [2.24, 2.45) is 0 Å². The molecule has 8 nitrogen and oxygen atoms in total. The normalized spacial score (nSPS) is 13.8. The van der Waals surface area contributed by atoms with Gasteiger partial charge in [0.1, 0.15) is 5.69 Å². The van der Waals surface area contributed by atoms with Gasteiger partial charge < -0.3 is 19.3 Å². The molecule has 0 saturated carbocycles. The van der Waals surface area contributed by atoms with Crippen molar-refractivity contribution in [3.63, 3.8) is 0 Å². The van der Waals surface area contributed by atoms with Crippen molar-refractivity contribution in [1.82, 2.24) is 0 Å². The van der Waals surface area contributed by atoms with Gasteiger partial charge in [-0.2, -0.15) is 0 Å². The van der Waals surface area contributed by atoms with E-state index >= 15 is 0 Å². The van der Waals surface area contributed by atoms with Crippen molar-refractivity contribution in [2.45, 2.75) is 20.8 Å². The molecule has 0 unspecified atom stereocenters. The molecule has 0 N–H and O–H groups in total. The molecule has 1 aliphatic rings. The van der Waals surface area contributed by atoms with Crippen molar-refractivity contribution in [2.75, 3.05) is 49.2 Å². The van der Waals surface area contributed by atoms with Crippen molar-refractivity contribution < 1.29 is 19.2 Å². The van der Waals surface area contributed by atoms with Gasteiger partial charge in [-0.1, -0.05) is 0 Å². The molecule has 2 aromatic rings. The lowest BCUT2D eigenvalue weighted by molar-refractivity contribution is -0.384. The third kappa shape index (κ3) is 4.64. The van der Waals surface area contributed by atoms with E-state index in [9.17, 15) is 14.9 Å². The summed E-state index contributed by atoms with van der Waals surface area (Å²) >= 11 is 0. The third-order valence-corrected chi connectivity index (χ3v) is 5.10. The van der Waals surface area contributed by atoms with Crippen LogP contribution in [-0.2, 0) is 0 Å². The van der Waals surface area contributed by atoms with E-state index in [1.165, 1.54) is 6.07 Å². The Labute approximate surface area is 176 Å². The second-order valence-corrected chi connectivity index (χ2v) is 6.99. The van der Waals surface area contributed by atoms with Crippen LogP contribution in [0, 0.1) is 10.1 Å². The molecule has 1 heterocycles. The zero-order valence-electron chi connectivity index (χ0n) is 17.6. The second kappa shape index (κ2) is 9.47. The molecular weight excluding hydrogens is 386 g/mol. The lowest BCUT2D eigenvalue weighted by atomic mass is 10.1. The Morgan fingerprint density at radius 3 is 2.00 bits per heavy atom. The second-order valence-electron chi connectivity index (χ2n) is 6.99. The molecule has 0 aromatic heterocycles. The van der Waals surface area contributed by atoms with Crippen LogP contribution in [0.15, 0.2) is 36.4 Å². The first-order valence-corrected chi connectivity index (χ1v) is 10.1. The van der Waals surface area contributed by atoms with Crippen LogP contribution in [0.3, 0.4) is 0 Å². The number of anilines is 2. The maximum absolute atomic E-state index is 11.7. The van der Waals surface area contributed by atoms with Gasteiger partial charge in [-0.3, -0.25) is 14.9 Å². The minimum absolute atomic E-state index is 0.0150. The number of nitro groups is 1. The number of carbonyl (C=O) groups is 1. The number of rotatable bonds is 8. The van der Waals surface area contributed by atoms with Gasteiger partial charge in [0.15, 0.2) is 17.3 Å². The standard InChI is InChI=1S/C22H27N3O5/c1-4-29-21-14-19(20(25(27)28)15-22(21)30-5-2)24-12-10-23(11-13-24)18-8-6-17(7-9-18)16(3)26/h6-9,14-15H,4-5,10-13H2,1-3H3. The number of ether oxygens (including phenoxy) is 2. The van der Waals surface area contributed by atoms with Crippen LogP contribution in [0.4, 0.5) is 17.1 Å². The molecule has 0 bridgehead atoms. The van der Waals surface area contributed by atoms with Crippen LogP contribution in [0.1, 0.15) is 31.1 Å². The maximum atomic E-state index is 11.7. The first-order chi connectivity index (χ1) is 14.4. The number of nitrogens with zero attached hydrogens (tertiary/aromatic N) is 3. The highest BCUT2D eigenvalue weighted by atomic mass is 16.6. The number of hydrogen-bond acceptors (Lipinski definition) is 7. The zero-order chi connectivity index (χ0) is 21.7. The quantitative estimate of drug-likeness (QED) is 0.368. The third-order valence-electron chi connectivity index (χ3n) is 5.10. The summed E-state index contributed by atoms with van der Waals surface area (Å²) in [5.74, 6) is 0.945. The summed E-state index contributed by atoms with van der Waals surface area (Å²) in [6.07, 6.45) is 0. The first kappa shape index (κ1) is 21.4. The van der Waals surface area contributed by atoms with E-state index in [-0.39, 0.29) is 16.4 Å². The fourth-order valence-electron chi connectivity index (χ4n) is 3.59. The van der Waals surface area contributed by atoms with E-state index in [0.29, 0.717) is 62.1 Å². The number of nitro benzene ring substituents is 1. The Kier molecular flexibility index (Phi) is 6.76. The highest BCUT2D eigenvalue weighted by Gasteiger charge is 2.27. The van der Waals surface area contributed by atoms with E-state index in [2.05, 4.69) is 4.90 Å². The van der Waals surface area contributed by atoms with E-state index in [4.69, 9.17) is 9.47 Å². The van der Waals surface area contributed by atoms with Crippen LogP contribution >= 0.6 is 0 Å². The first-order valence-electron chi connectivity index (χ1n) is 10.1. The molecule has 8 heteroatoms. The summed E-state index contributed by atoms with van der Waals surface area (Å²) in [6, 6.07) is 10.7. The molecular formula is C22H27N3O5. The molecule has 3 rings (SSSR count). The van der Waals surface area contributed by atoms with Crippen LogP contribution in [0.2, 0.25) is 0 Å². The Bertz CT molecular complexity index is 906. The SMILES string of the molecule is CCOc1cc(N2CCN(c3ccc(C(C)=O)cc3)CC2)c([N+](=O)[O-])cc1OCC. The fraction of sp³-hybridized carbons (Fsp3) is 0.409. The number of ketones is 1. The lowest BCUT2D eigenvalue weighted by Gasteiger charge is -2.37. The molecule has 1 fully saturated rings. The molecule has 1 saturated heterocycles. The molecule has 0 radical (unpaired) electrons. The van der Waals surface area contributed by atoms with Crippen LogP contribution in [0.25, 0.3) is 0 Å². The average molecular weight is 413 g/mol. The minimum atomic E-state index is -0.375. The molecule has 30 heavy (non-hydrogen) atoms. The molecule has 1 aliphatic heterocycles. The monoisotopic (exact) mass is 413 g/mol. The number of benzene rings is 2. The average Bonchev–Trinajstić information content (AvgIpc) is 2.75. The van der Waals surface area contributed by atoms with Gasteiger partial charge in [0.25, 0.3) is 5.69 Å². The van der Waals surface area contributed by atoms with Crippen molar-refractivity contribution in [3.05, 3.63) is 52.1 Å². The highest BCUT2D eigenvalue weighted by Crippen LogP contribution is 2.40. The summed E-state index contributed by atoms with van der Waals surface area (Å²) in [5, 5.41) is 11.7. The van der Waals surface area contributed by atoms with Crippen LogP contribution in [-0.4, -0.2) is 50.1 Å². The van der Waals surface area contributed by atoms with Crippen LogP contribution < -0.4 is 19.3 Å². The molecule has 2 aromatic carbocycles. The predicted molar refractivity (Wildman–Crippen MR) is 116 cm³/mol. The van der Waals surface area contributed by atoms with Gasteiger partial charge in [-0.25, -0.2) is 0 Å². The van der Waals surface area contributed by atoms with E-state index in [1.54, 1.807) is 13.0 Å². The minimum Gasteiger partial charge on any atom is -0.490 e. The van der Waals surface area contributed by atoms with E-state index in [0.717, 1.165) is 5.69 Å². The van der Waals surface area contributed by atoms with Gasteiger partial charge in [-0.05, 0) is 45.0 Å². The summed E-state index contributed by atoms with van der Waals surface area (Å²) in [4.78, 5) is 27.0. The van der Waals surface area contributed by atoms with E-state index < -0.39 is 0 Å². The molecule has 160 valence electrons.